The van der Waals surface area contributed by atoms with E-state index in [4.69, 9.17) is 0 Å². The number of aliphatic hydroxyl groups is 1. The van der Waals surface area contributed by atoms with E-state index in [1.165, 1.54) is 25.7 Å². The zero-order valence-corrected chi connectivity index (χ0v) is 12.5. The fraction of sp³-hybridized carbons (Fsp3) is 0.833. The van der Waals surface area contributed by atoms with Gasteiger partial charge in [0.15, 0.2) is 0 Å². The van der Waals surface area contributed by atoms with E-state index in [-0.39, 0.29) is 6.10 Å². The van der Waals surface area contributed by atoms with Crippen molar-refractivity contribution in [1.29, 1.82) is 0 Å². The first-order chi connectivity index (χ1) is 9.63. The Kier molecular flexibility index (Phi) is 3.06. The third-order valence-electron chi connectivity index (χ3n) is 6.90. The van der Waals surface area contributed by atoms with Gasteiger partial charge in [-0.15, -0.1) is 0 Å². The van der Waals surface area contributed by atoms with Gasteiger partial charge in [0.25, 0.3) is 0 Å². The Hall–Kier alpha value is -0.630. The monoisotopic (exact) mass is 274 g/mol. The van der Waals surface area contributed by atoms with Crippen LogP contribution in [0.1, 0.15) is 58.3 Å². The number of fused-ring (bicyclic) bond motifs is 5. The first-order valence-corrected chi connectivity index (χ1v) is 8.51. The summed E-state index contributed by atoms with van der Waals surface area (Å²) in [6.07, 6.45) is 9.25. The molecule has 4 fully saturated rings. The number of allylic oxidation sites excluding steroid dienone is 2. The molecule has 0 unspecified atom stereocenters. The summed E-state index contributed by atoms with van der Waals surface area (Å²) in [6.45, 7) is 1.80. The summed E-state index contributed by atoms with van der Waals surface area (Å²) in [5.41, 5.74) is 3.40. The number of carbonyl (C=O) groups is 1. The Morgan fingerprint density at radius 1 is 1.00 bits per heavy atom. The summed E-state index contributed by atoms with van der Waals surface area (Å²) in [5, 5.41) is 9.66. The van der Waals surface area contributed by atoms with Crippen molar-refractivity contribution < 1.29 is 9.90 Å². The molecule has 2 bridgehead atoms. The van der Waals surface area contributed by atoms with Crippen LogP contribution in [-0.2, 0) is 4.79 Å². The molecule has 110 valence electrons. The molecule has 5 atom stereocenters. The smallest absolute Gasteiger partial charge is 0.133 e. The molecule has 0 heterocycles. The summed E-state index contributed by atoms with van der Waals surface area (Å²) in [5.74, 6) is 4.08. The van der Waals surface area contributed by atoms with Crippen LogP contribution in [0.5, 0.6) is 0 Å². The first kappa shape index (κ1) is 13.1. The highest BCUT2D eigenvalue weighted by Gasteiger charge is 2.56. The van der Waals surface area contributed by atoms with Crippen molar-refractivity contribution in [2.75, 3.05) is 0 Å². The molecule has 4 aliphatic carbocycles. The number of Topliss-reactive ketones (excluding diaryl/α,β-unsaturated/α-hetero) is 1. The molecule has 4 saturated carbocycles. The lowest BCUT2D eigenvalue weighted by Gasteiger charge is -2.29. The Morgan fingerprint density at radius 2 is 1.70 bits per heavy atom. The van der Waals surface area contributed by atoms with E-state index in [2.05, 4.69) is 0 Å². The summed E-state index contributed by atoms with van der Waals surface area (Å²) >= 11 is 0. The highest BCUT2D eigenvalue weighted by atomic mass is 16.3. The molecule has 1 N–H and O–H groups in total. The van der Waals surface area contributed by atoms with Crippen LogP contribution >= 0.6 is 0 Å². The van der Waals surface area contributed by atoms with Crippen LogP contribution in [0.4, 0.5) is 0 Å². The number of ketones is 1. The SMILES string of the molecule is CC(=O)[C@H]1C[C@H]2C[C@@H]1[C@@H]1CC(=C3CCC(O)CC3)C[C@H]21. The van der Waals surface area contributed by atoms with Crippen LogP contribution in [0.15, 0.2) is 11.1 Å². The Labute approximate surface area is 121 Å². The maximum Gasteiger partial charge on any atom is 0.133 e. The molecule has 0 aromatic heterocycles. The molecule has 0 aromatic carbocycles. The lowest BCUT2D eigenvalue weighted by molar-refractivity contribution is -0.123. The normalized spacial score (nSPS) is 46.9. The van der Waals surface area contributed by atoms with Gasteiger partial charge in [0, 0.05) is 5.92 Å². The number of hydrogen-bond donors (Lipinski definition) is 1. The molecule has 4 rings (SSSR count). The van der Waals surface area contributed by atoms with E-state index in [9.17, 15) is 9.90 Å². The zero-order chi connectivity index (χ0) is 13.9. The minimum Gasteiger partial charge on any atom is -0.393 e. The molecule has 20 heavy (non-hydrogen) atoms. The van der Waals surface area contributed by atoms with Crippen molar-refractivity contribution in [1.82, 2.24) is 0 Å². The molecular weight excluding hydrogens is 248 g/mol. The lowest BCUT2D eigenvalue weighted by atomic mass is 9.74. The number of rotatable bonds is 1. The fourth-order valence-electron chi connectivity index (χ4n) is 5.93. The van der Waals surface area contributed by atoms with E-state index < -0.39 is 0 Å². The summed E-state index contributed by atoms with van der Waals surface area (Å²) < 4.78 is 0. The summed E-state index contributed by atoms with van der Waals surface area (Å²) in [7, 11) is 0. The maximum absolute atomic E-state index is 11.8. The van der Waals surface area contributed by atoms with Crippen molar-refractivity contribution in [3.8, 4) is 0 Å². The van der Waals surface area contributed by atoms with Crippen molar-refractivity contribution in [2.24, 2.45) is 29.6 Å². The van der Waals surface area contributed by atoms with Gasteiger partial charge in [0.1, 0.15) is 5.78 Å². The molecule has 0 amide bonds. The van der Waals surface area contributed by atoms with E-state index in [1.54, 1.807) is 18.1 Å². The van der Waals surface area contributed by atoms with Crippen molar-refractivity contribution >= 4 is 5.78 Å². The Bertz CT molecular complexity index is 454. The van der Waals surface area contributed by atoms with Gasteiger partial charge in [0.2, 0.25) is 0 Å². The molecule has 0 saturated heterocycles. The van der Waals surface area contributed by atoms with Crippen LogP contribution in [0.25, 0.3) is 0 Å². The fourth-order valence-corrected chi connectivity index (χ4v) is 5.93. The summed E-state index contributed by atoms with van der Waals surface area (Å²) in [4.78, 5) is 11.8. The number of aliphatic hydroxyl groups excluding tert-OH is 1. The Balaban J connectivity index is 1.52. The maximum atomic E-state index is 11.8. The molecule has 0 aromatic rings. The van der Waals surface area contributed by atoms with Crippen LogP contribution in [0.2, 0.25) is 0 Å². The van der Waals surface area contributed by atoms with Gasteiger partial charge in [-0.3, -0.25) is 4.79 Å². The second-order valence-corrected chi connectivity index (χ2v) is 7.79. The second kappa shape index (κ2) is 4.69. The highest BCUT2D eigenvalue weighted by molar-refractivity contribution is 5.79. The summed E-state index contributed by atoms with van der Waals surface area (Å²) in [6, 6.07) is 0. The van der Waals surface area contributed by atoms with Crippen LogP contribution in [0.3, 0.4) is 0 Å². The predicted molar refractivity (Wildman–Crippen MR) is 78.1 cm³/mol. The molecule has 0 spiro atoms. The average molecular weight is 274 g/mol. The molecule has 2 nitrogen and oxygen atoms in total. The van der Waals surface area contributed by atoms with Gasteiger partial charge in [-0.2, -0.15) is 0 Å². The van der Waals surface area contributed by atoms with Gasteiger partial charge >= 0.3 is 0 Å². The van der Waals surface area contributed by atoms with Crippen LogP contribution in [-0.4, -0.2) is 17.0 Å². The molecule has 0 radical (unpaired) electrons. The minimum atomic E-state index is -0.0569. The quantitative estimate of drug-likeness (QED) is 0.743. The molecule has 2 heteroatoms. The van der Waals surface area contributed by atoms with Crippen molar-refractivity contribution in [3.05, 3.63) is 11.1 Å². The van der Waals surface area contributed by atoms with E-state index >= 15 is 0 Å². The predicted octanol–water partition coefficient (Wildman–Crippen LogP) is 3.49. The van der Waals surface area contributed by atoms with E-state index in [1.807, 2.05) is 0 Å². The van der Waals surface area contributed by atoms with Crippen LogP contribution in [0, 0.1) is 29.6 Å². The van der Waals surface area contributed by atoms with Gasteiger partial charge in [-0.05, 0) is 82.0 Å². The second-order valence-electron chi connectivity index (χ2n) is 7.79. The highest BCUT2D eigenvalue weighted by Crippen LogP contribution is 2.62. The topological polar surface area (TPSA) is 37.3 Å². The third kappa shape index (κ3) is 1.91. The van der Waals surface area contributed by atoms with Gasteiger partial charge in [0.05, 0.1) is 6.10 Å². The standard InChI is InChI=1S/C18H26O2/c1-10(19)15-8-13-9-17(15)18-7-12(6-16(13)18)11-2-4-14(20)5-3-11/h13-18,20H,2-9H2,1H3/t13-,14?,15+,16+,17-,18+/m0/s1. The zero-order valence-electron chi connectivity index (χ0n) is 12.5. The van der Waals surface area contributed by atoms with E-state index in [0.29, 0.717) is 17.6 Å². The third-order valence-corrected chi connectivity index (χ3v) is 6.90. The van der Waals surface area contributed by atoms with Crippen molar-refractivity contribution in [3.63, 3.8) is 0 Å². The van der Waals surface area contributed by atoms with Gasteiger partial charge in [-0.25, -0.2) is 0 Å². The molecule has 4 aliphatic rings. The van der Waals surface area contributed by atoms with E-state index in [0.717, 1.165) is 43.4 Å². The molecule has 0 aliphatic heterocycles. The van der Waals surface area contributed by atoms with Gasteiger partial charge < -0.3 is 5.11 Å². The van der Waals surface area contributed by atoms with Crippen LogP contribution < -0.4 is 0 Å². The first-order valence-electron chi connectivity index (χ1n) is 8.51. The minimum absolute atomic E-state index is 0.0569. The number of hydrogen-bond acceptors (Lipinski definition) is 2. The Morgan fingerprint density at radius 3 is 2.40 bits per heavy atom. The number of carbonyl (C=O) groups excluding carboxylic acids is 1. The largest absolute Gasteiger partial charge is 0.393 e. The average Bonchev–Trinajstić information content (AvgIpc) is 3.10. The lowest BCUT2D eigenvalue weighted by Crippen LogP contribution is -2.28. The van der Waals surface area contributed by atoms with Crippen molar-refractivity contribution in [2.45, 2.75) is 64.4 Å². The van der Waals surface area contributed by atoms with Gasteiger partial charge in [-0.1, -0.05) is 11.1 Å². The molecular formula is C18H26O2.